The zero-order valence-electron chi connectivity index (χ0n) is 9.72. The maximum atomic E-state index is 4.15. The van der Waals surface area contributed by atoms with E-state index < -0.39 is 0 Å². The summed E-state index contributed by atoms with van der Waals surface area (Å²) in [6, 6.07) is 3.99. The molecule has 5 heteroatoms. The van der Waals surface area contributed by atoms with Crippen LogP contribution in [-0.4, -0.2) is 22.0 Å². The maximum Gasteiger partial charge on any atom is 0.222 e. The van der Waals surface area contributed by atoms with E-state index in [2.05, 4.69) is 25.6 Å². The van der Waals surface area contributed by atoms with Crippen molar-refractivity contribution in [2.45, 2.75) is 13.1 Å². The Kier molecular flexibility index (Phi) is 3.99. The predicted octanol–water partition coefficient (Wildman–Crippen LogP) is 1.20. The summed E-state index contributed by atoms with van der Waals surface area (Å²) in [4.78, 5) is 12.3. The monoisotopic (exact) mass is 229 g/mol. The molecule has 0 saturated heterocycles. The van der Waals surface area contributed by atoms with Crippen LogP contribution in [0, 0.1) is 0 Å². The molecule has 2 rings (SSSR count). The molecule has 0 aliphatic rings. The summed E-state index contributed by atoms with van der Waals surface area (Å²) in [6.07, 6.45) is 7.22. The molecule has 2 heterocycles. The highest BCUT2D eigenvalue weighted by Crippen LogP contribution is 2.00. The van der Waals surface area contributed by atoms with Crippen LogP contribution in [0.5, 0.6) is 0 Å². The van der Waals surface area contributed by atoms with Crippen molar-refractivity contribution in [2.75, 3.05) is 12.4 Å². The number of nitrogens with one attached hydrogen (secondary N) is 2. The minimum atomic E-state index is 0.642. The van der Waals surface area contributed by atoms with E-state index in [1.165, 1.54) is 5.56 Å². The van der Waals surface area contributed by atoms with Gasteiger partial charge in [0.25, 0.3) is 0 Å². The van der Waals surface area contributed by atoms with Gasteiger partial charge in [-0.15, -0.1) is 0 Å². The van der Waals surface area contributed by atoms with Gasteiger partial charge in [0.05, 0.1) is 0 Å². The molecule has 0 amide bonds. The molecule has 0 atom stereocenters. The smallest absolute Gasteiger partial charge is 0.222 e. The van der Waals surface area contributed by atoms with E-state index in [0.717, 1.165) is 18.7 Å². The highest BCUT2D eigenvalue weighted by atomic mass is 15.1. The van der Waals surface area contributed by atoms with Crippen molar-refractivity contribution < 1.29 is 0 Å². The van der Waals surface area contributed by atoms with Gasteiger partial charge in [-0.2, -0.15) is 0 Å². The summed E-state index contributed by atoms with van der Waals surface area (Å²) < 4.78 is 0. The van der Waals surface area contributed by atoms with E-state index in [4.69, 9.17) is 0 Å². The normalized spacial score (nSPS) is 10.2. The van der Waals surface area contributed by atoms with Crippen molar-refractivity contribution in [3.8, 4) is 0 Å². The lowest BCUT2D eigenvalue weighted by Crippen LogP contribution is -2.13. The summed E-state index contributed by atoms with van der Waals surface area (Å²) >= 11 is 0. The number of anilines is 1. The molecule has 2 aromatic heterocycles. The molecule has 0 aromatic carbocycles. The minimum absolute atomic E-state index is 0.642. The molecule has 0 bridgehead atoms. The number of nitrogens with zero attached hydrogens (tertiary/aromatic N) is 3. The van der Waals surface area contributed by atoms with E-state index in [9.17, 15) is 0 Å². The van der Waals surface area contributed by atoms with E-state index in [1.54, 1.807) is 19.4 Å². The van der Waals surface area contributed by atoms with Crippen molar-refractivity contribution in [1.82, 2.24) is 20.3 Å². The van der Waals surface area contributed by atoms with E-state index in [1.807, 2.05) is 24.5 Å². The van der Waals surface area contributed by atoms with Crippen LogP contribution in [0.3, 0.4) is 0 Å². The van der Waals surface area contributed by atoms with Crippen molar-refractivity contribution in [3.63, 3.8) is 0 Å². The molecule has 5 nitrogen and oxygen atoms in total. The standard InChI is InChI=1S/C12H15N5/c1-13-12-16-8-11(9-17-12)7-15-6-10-2-4-14-5-3-10/h2-5,8-9,15H,6-7H2,1H3,(H,13,16,17). The Balaban J connectivity index is 1.82. The quantitative estimate of drug-likeness (QED) is 0.806. The number of hydrogen-bond donors (Lipinski definition) is 2. The van der Waals surface area contributed by atoms with Gasteiger partial charge in [0.15, 0.2) is 0 Å². The van der Waals surface area contributed by atoms with Gasteiger partial charge in [-0.05, 0) is 17.7 Å². The summed E-state index contributed by atoms with van der Waals surface area (Å²) in [5.41, 5.74) is 2.28. The van der Waals surface area contributed by atoms with Gasteiger partial charge < -0.3 is 10.6 Å². The zero-order valence-corrected chi connectivity index (χ0v) is 9.72. The molecule has 0 saturated carbocycles. The van der Waals surface area contributed by atoms with Gasteiger partial charge >= 0.3 is 0 Å². The first kappa shape index (κ1) is 11.5. The molecule has 2 aromatic rings. The van der Waals surface area contributed by atoms with Gasteiger partial charge in [0.2, 0.25) is 5.95 Å². The van der Waals surface area contributed by atoms with Crippen LogP contribution in [0.4, 0.5) is 5.95 Å². The summed E-state index contributed by atoms with van der Waals surface area (Å²) in [7, 11) is 1.80. The van der Waals surface area contributed by atoms with Gasteiger partial charge in [-0.25, -0.2) is 9.97 Å². The van der Waals surface area contributed by atoms with Crippen LogP contribution in [0.15, 0.2) is 36.9 Å². The second-order valence-corrected chi connectivity index (χ2v) is 3.62. The Bertz CT molecular complexity index is 440. The first-order chi connectivity index (χ1) is 8.38. The highest BCUT2D eigenvalue weighted by molar-refractivity contribution is 5.23. The van der Waals surface area contributed by atoms with Crippen LogP contribution in [0.2, 0.25) is 0 Å². The van der Waals surface area contributed by atoms with Crippen molar-refractivity contribution in [2.24, 2.45) is 0 Å². The Hall–Kier alpha value is -2.01. The fourth-order valence-corrected chi connectivity index (χ4v) is 1.43. The van der Waals surface area contributed by atoms with Crippen molar-refractivity contribution >= 4 is 5.95 Å². The van der Waals surface area contributed by atoms with Crippen molar-refractivity contribution in [1.29, 1.82) is 0 Å². The SMILES string of the molecule is CNc1ncc(CNCc2ccncc2)cn1. The van der Waals surface area contributed by atoms with E-state index >= 15 is 0 Å². The fourth-order valence-electron chi connectivity index (χ4n) is 1.43. The summed E-state index contributed by atoms with van der Waals surface area (Å²) in [5, 5.41) is 6.21. The van der Waals surface area contributed by atoms with E-state index in [0.29, 0.717) is 5.95 Å². The summed E-state index contributed by atoms with van der Waals surface area (Å²) in [5.74, 6) is 0.642. The lowest BCUT2D eigenvalue weighted by Gasteiger charge is -2.05. The third kappa shape index (κ3) is 3.49. The molecule has 17 heavy (non-hydrogen) atoms. The third-order valence-corrected chi connectivity index (χ3v) is 2.34. The molecule has 2 N–H and O–H groups in total. The fraction of sp³-hybridized carbons (Fsp3) is 0.250. The highest BCUT2D eigenvalue weighted by Gasteiger charge is 1.96. The van der Waals surface area contributed by atoms with Gasteiger partial charge in [0, 0.05) is 50.5 Å². The Morgan fingerprint density at radius 2 is 1.65 bits per heavy atom. The topological polar surface area (TPSA) is 62.7 Å². The molecule has 0 radical (unpaired) electrons. The van der Waals surface area contributed by atoms with Gasteiger partial charge in [0.1, 0.15) is 0 Å². The predicted molar refractivity (Wildman–Crippen MR) is 66.4 cm³/mol. The molecule has 0 fully saturated rings. The lowest BCUT2D eigenvalue weighted by atomic mass is 10.2. The molecular weight excluding hydrogens is 214 g/mol. The lowest BCUT2D eigenvalue weighted by molar-refractivity contribution is 0.688. The van der Waals surface area contributed by atoms with Crippen molar-refractivity contribution in [3.05, 3.63) is 48.0 Å². The minimum Gasteiger partial charge on any atom is -0.357 e. The molecule has 0 unspecified atom stereocenters. The Morgan fingerprint density at radius 1 is 1.00 bits per heavy atom. The third-order valence-electron chi connectivity index (χ3n) is 2.34. The zero-order chi connectivity index (χ0) is 11.9. The van der Waals surface area contributed by atoms with E-state index in [-0.39, 0.29) is 0 Å². The van der Waals surface area contributed by atoms with Crippen LogP contribution in [-0.2, 0) is 13.1 Å². The van der Waals surface area contributed by atoms with Crippen LogP contribution in [0.25, 0.3) is 0 Å². The van der Waals surface area contributed by atoms with Gasteiger partial charge in [-0.1, -0.05) is 0 Å². The van der Waals surface area contributed by atoms with Crippen LogP contribution < -0.4 is 10.6 Å². The number of rotatable bonds is 5. The summed E-state index contributed by atoms with van der Waals surface area (Å²) in [6.45, 7) is 1.57. The largest absolute Gasteiger partial charge is 0.357 e. The Labute approximate surface area is 100 Å². The molecular formula is C12H15N5. The van der Waals surface area contributed by atoms with Crippen LogP contribution >= 0.6 is 0 Å². The molecule has 88 valence electrons. The Morgan fingerprint density at radius 3 is 2.29 bits per heavy atom. The number of aromatic nitrogens is 3. The molecule has 0 aliphatic carbocycles. The number of hydrogen-bond acceptors (Lipinski definition) is 5. The molecule has 0 spiro atoms. The second kappa shape index (κ2) is 5.91. The second-order valence-electron chi connectivity index (χ2n) is 3.62. The first-order valence-corrected chi connectivity index (χ1v) is 5.47. The average Bonchev–Trinajstić information content (AvgIpc) is 2.41. The average molecular weight is 229 g/mol. The molecule has 0 aliphatic heterocycles. The van der Waals surface area contributed by atoms with Crippen LogP contribution in [0.1, 0.15) is 11.1 Å². The van der Waals surface area contributed by atoms with Gasteiger partial charge in [-0.3, -0.25) is 4.98 Å². The first-order valence-electron chi connectivity index (χ1n) is 5.47. The number of pyridine rings is 1. The maximum absolute atomic E-state index is 4.15.